The van der Waals surface area contributed by atoms with Crippen LogP contribution < -0.4 is 5.32 Å². The van der Waals surface area contributed by atoms with Gasteiger partial charge in [0.15, 0.2) is 0 Å². The molecule has 0 aliphatic carbocycles. The van der Waals surface area contributed by atoms with E-state index in [9.17, 15) is 0 Å². The number of nitrogens with one attached hydrogen (secondary N) is 1. The minimum atomic E-state index is 0.245. The molecule has 0 radical (unpaired) electrons. The van der Waals surface area contributed by atoms with E-state index in [4.69, 9.17) is 5.11 Å². The van der Waals surface area contributed by atoms with E-state index in [1.165, 1.54) is 17.5 Å². The van der Waals surface area contributed by atoms with Crippen LogP contribution in [0.25, 0.3) is 0 Å². The Hall–Kier alpha value is -0.860. The Morgan fingerprint density at radius 2 is 2.00 bits per heavy atom. The smallest absolute Gasteiger partial charge is 0.0471 e. The molecule has 1 heterocycles. The average molecular weight is 191 g/mol. The quantitative estimate of drug-likeness (QED) is 0.747. The van der Waals surface area contributed by atoms with E-state index in [1.807, 2.05) is 6.07 Å². The maximum absolute atomic E-state index is 8.93. The van der Waals surface area contributed by atoms with Gasteiger partial charge in [-0.05, 0) is 36.9 Å². The molecule has 2 N–H and O–H groups in total. The Morgan fingerprint density at radius 3 is 2.57 bits per heavy atom. The Morgan fingerprint density at radius 1 is 1.29 bits per heavy atom. The van der Waals surface area contributed by atoms with Crippen LogP contribution in [0.2, 0.25) is 0 Å². The molecule has 2 rings (SSSR count). The van der Waals surface area contributed by atoms with E-state index in [-0.39, 0.29) is 6.61 Å². The highest BCUT2D eigenvalue weighted by atomic mass is 16.2. The summed E-state index contributed by atoms with van der Waals surface area (Å²) >= 11 is 0. The first kappa shape index (κ1) is 9.69. The second-order valence-corrected chi connectivity index (χ2v) is 3.89. The summed E-state index contributed by atoms with van der Waals surface area (Å²) in [5, 5.41) is 12.3. The summed E-state index contributed by atoms with van der Waals surface area (Å²) in [5.74, 6) is 0. The minimum absolute atomic E-state index is 0.245. The van der Waals surface area contributed by atoms with Gasteiger partial charge >= 0.3 is 0 Å². The molecule has 1 atom stereocenters. The number of rotatable bonds is 4. The molecule has 1 aromatic rings. The fourth-order valence-corrected chi connectivity index (χ4v) is 1.91. The van der Waals surface area contributed by atoms with Crippen LogP contribution in [0.5, 0.6) is 0 Å². The Bertz CT molecular complexity index is 294. The van der Waals surface area contributed by atoms with Gasteiger partial charge in [-0.2, -0.15) is 0 Å². The Balaban J connectivity index is 2.05. The van der Waals surface area contributed by atoms with Crippen molar-refractivity contribution in [1.29, 1.82) is 0 Å². The third-order valence-electron chi connectivity index (χ3n) is 2.89. The SMILES string of the molecule is OCCc1ccccc1C[C@H]1CCN1. The first-order valence-electron chi connectivity index (χ1n) is 5.31. The van der Waals surface area contributed by atoms with Gasteiger partial charge in [0.1, 0.15) is 0 Å². The van der Waals surface area contributed by atoms with Crippen molar-refractivity contribution in [3.8, 4) is 0 Å². The van der Waals surface area contributed by atoms with Crippen molar-refractivity contribution < 1.29 is 5.11 Å². The van der Waals surface area contributed by atoms with Crippen LogP contribution in [-0.2, 0) is 12.8 Å². The maximum Gasteiger partial charge on any atom is 0.0471 e. The third kappa shape index (κ3) is 2.14. The van der Waals surface area contributed by atoms with Gasteiger partial charge in [0.2, 0.25) is 0 Å². The highest BCUT2D eigenvalue weighted by molar-refractivity contribution is 5.28. The number of hydrogen-bond donors (Lipinski definition) is 2. The van der Waals surface area contributed by atoms with E-state index in [2.05, 4.69) is 23.5 Å². The average Bonchev–Trinajstić information content (AvgIpc) is 2.14. The lowest BCUT2D eigenvalue weighted by Crippen LogP contribution is -2.44. The highest BCUT2D eigenvalue weighted by Crippen LogP contribution is 2.15. The van der Waals surface area contributed by atoms with Gasteiger partial charge in [-0.3, -0.25) is 0 Å². The second kappa shape index (κ2) is 4.58. The number of benzene rings is 1. The summed E-state index contributed by atoms with van der Waals surface area (Å²) in [6.07, 6.45) is 3.17. The predicted octanol–water partition coefficient (Wildman–Crippen LogP) is 1.13. The fourth-order valence-electron chi connectivity index (χ4n) is 1.91. The van der Waals surface area contributed by atoms with Gasteiger partial charge in [-0.25, -0.2) is 0 Å². The van der Waals surface area contributed by atoms with Crippen molar-refractivity contribution in [2.45, 2.75) is 25.3 Å². The summed E-state index contributed by atoms with van der Waals surface area (Å²) in [6, 6.07) is 9.07. The van der Waals surface area contributed by atoms with Crippen molar-refractivity contribution in [2.75, 3.05) is 13.2 Å². The molecule has 1 fully saturated rings. The van der Waals surface area contributed by atoms with Crippen molar-refractivity contribution in [2.24, 2.45) is 0 Å². The van der Waals surface area contributed by atoms with E-state index in [1.54, 1.807) is 0 Å². The number of aliphatic hydroxyl groups is 1. The Kier molecular flexibility index (Phi) is 3.17. The lowest BCUT2D eigenvalue weighted by Gasteiger charge is -2.28. The van der Waals surface area contributed by atoms with Gasteiger partial charge in [0.05, 0.1) is 0 Å². The monoisotopic (exact) mass is 191 g/mol. The topological polar surface area (TPSA) is 32.3 Å². The maximum atomic E-state index is 8.93. The molecule has 76 valence electrons. The van der Waals surface area contributed by atoms with Crippen molar-refractivity contribution in [3.63, 3.8) is 0 Å². The van der Waals surface area contributed by atoms with Crippen LogP contribution in [0.1, 0.15) is 17.5 Å². The molecule has 0 saturated carbocycles. The van der Waals surface area contributed by atoms with Gasteiger partial charge in [-0.15, -0.1) is 0 Å². The molecule has 0 bridgehead atoms. The number of aliphatic hydroxyl groups excluding tert-OH is 1. The van der Waals surface area contributed by atoms with E-state index in [0.29, 0.717) is 6.04 Å². The van der Waals surface area contributed by atoms with Crippen molar-refractivity contribution >= 4 is 0 Å². The molecule has 2 heteroatoms. The predicted molar refractivity (Wildman–Crippen MR) is 57.3 cm³/mol. The van der Waals surface area contributed by atoms with E-state index in [0.717, 1.165) is 19.4 Å². The first-order chi connectivity index (χ1) is 6.90. The van der Waals surface area contributed by atoms with Gasteiger partial charge in [0, 0.05) is 12.6 Å². The Labute approximate surface area is 85.0 Å². The van der Waals surface area contributed by atoms with Gasteiger partial charge in [-0.1, -0.05) is 24.3 Å². The van der Waals surface area contributed by atoms with E-state index >= 15 is 0 Å². The molecule has 0 amide bonds. The zero-order valence-corrected chi connectivity index (χ0v) is 8.37. The van der Waals surface area contributed by atoms with Gasteiger partial charge in [0.25, 0.3) is 0 Å². The first-order valence-corrected chi connectivity index (χ1v) is 5.31. The summed E-state index contributed by atoms with van der Waals surface area (Å²) in [6.45, 7) is 1.40. The van der Waals surface area contributed by atoms with Crippen LogP contribution in [0.15, 0.2) is 24.3 Å². The fraction of sp³-hybridized carbons (Fsp3) is 0.500. The summed E-state index contributed by atoms with van der Waals surface area (Å²) < 4.78 is 0. The molecular formula is C12H17NO. The molecule has 1 aromatic carbocycles. The third-order valence-corrected chi connectivity index (χ3v) is 2.89. The molecular weight excluding hydrogens is 174 g/mol. The second-order valence-electron chi connectivity index (χ2n) is 3.89. The molecule has 1 saturated heterocycles. The number of hydrogen-bond acceptors (Lipinski definition) is 2. The molecule has 0 spiro atoms. The largest absolute Gasteiger partial charge is 0.396 e. The molecule has 0 unspecified atom stereocenters. The summed E-state index contributed by atoms with van der Waals surface area (Å²) in [5.41, 5.74) is 2.68. The molecule has 14 heavy (non-hydrogen) atoms. The van der Waals surface area contributed by atoms with Gasteiger partial charge < -0.3 is 10.4 Å². The summed E-state index contributed by atoms with van der Waals surface area (Å²) in [4.78, 5) is 0. The zero-order valence-electron chi connectivity index (χ0n) is 8.37. The molecule has 0 aromatic heterocycles. The van der Waals surface area contributed by atoms with Crippen LogP contribution in [0.4, 0.5) is 0 Å². The van der Waals surface area contributed by atoms with Crippen molar-refractivity contribution in [1.82, 2.24) is 5.32 Å². The summed E-state index contributed by atoms with van der Waals surface area (Å²) in [7, 11) is 0. The highest BCUT2D eigenvalue weighted by Gasteiger charge is 2.17. The molecule has 1 aliphatic rings. The minimum Gasteiger partial charge on any atom is -0.396 e. The van der Waals surface area contributed by atoms with Crippen LogP contribution >= 0.6 is 0 Å². The molecule has 1 aliphatic heterocycles. The lowest BCUT2D eigenvalue weighted by atomic mass is 9.94. The van der Waals surface area contributed by atoms with E-state index < -0.39 is 0 Å². The normalized spacial score (nSPS) is 20.5. The zero-order chi connectivity index (χ0) is 9.80. The van der Waals surface area contributed by atoms with Crippen LogP contribution in [0, 0.1) is 0 Å². The molecule has 2 nitrogen and oxygen atoms in total. The van der Waals surface area contributed by atoms with Crippen LogP contribution in [-0.4, -0.2) is 24.3 Å². The standard InChI is InChI=1S/C12H17NO/c14-8-6-10-3-1-2-4-11(10)9-12-5-7-13-12/h1-4,12-14H,5-9H2/t12-/m1/s1. The van der Waals surface area contributed by atoms with Crippen LogP contribution in [0.3, 0.4) is 0 Å². The lowest BCUT2D eigenvalue weighted by molar-refractivity contribution is 0.298. The van der Waals surface area contributed by atoms with Crippen molar-refractivity contribution in [3.05, 3.63) is 35.4 Å².